The zero-order valence-electron chi connectivity index (χ0n) is 12.0. The second-order valence-electron chi connectivity index (χ2n) is 5.85. The molecular weight excluding hydrogens is 268 g/mol. The molecule has 2 N–H and O–H groups in total. The Hall–Kier alpha value is -1.88. The van der Waals surface area contributed by atoms with Crippen LogP contribution in [-0.2, 0) is 22.4 Å². The Balaban J connectivity index is 1.60. The third-order valence-electron chi connectivity index (χ3n) is 4.38. The van der Waals surface area contributed by atoms with Crippen LogP contribution in [-0.4, -0.2) is 41.0 Å². The van der Waals surface area contributed by atoms with E-state index in [2.05, 4.69) is 11.4 Å². The van der Waals surface area contributed by atoms with Gasteiger partial charge < -0.3 is 10.4 Å². The maximum Gasteiger partial charge on any atom is 0.320 e. The number of carboxylic acid groups (broad SMARTS) is 1. The number of amides is 1. The first-order valence-corrected chi connectivity index (χ1v) is 7.52. The number of aryl methyl sites for hydroxylation is 2. The molecule has 1 heterocycles. The number of anilines is 1. The van der Waals surface area contributed by atoms with Crippen LogP contribution in [0.2, 0.25) is 0 Å². The zero-order valence-corrected chi connectivity index (χ0v) is 12.0. The topological polar surface area (TPSA) is 69.6 Å². The Labute approximate surface area is 123 Å². The van der Waals surface area contributed by atoms with E-state index in [0.717, 1.165) is 24.9 Å². The molecule has 3 rings (SSSR count). The number of carbonyl (C=O) groups is 2. The van der Waals surface area contributed by atoms with Crippen LogP contribution in [0.25, 0.3) is 0 Å². The predicted molar refractivity (Wildman–Crippen MR) is 79.3 cm³/mol. The van der Waals surface area contributed by atoms with Crippen molar-refractivity contribution in [2.45, 2.75) is 38.1 Å². The van der Waals surface area contributed by atoms with E-state index >= 15 is 0 Å². The molecule has 1 aromatic rings. The molecule has 1 aromatic carbocycles. The molecule has 1 atom stereocenters. The average Bonchev–Trinajstić information content (AvgIpc) is 3.06. The first-order valence-electron chi connectivity index (χ1n) is 7.52. The van der Waals surface area contributed by atoms with Gasteiger partial charge in [0.05, 0.1) is 6.54 Å². The number of fused-ring (bicyclic) bond motifs is 1. The smallest absolute Gasteiger partial charge is 0.320 e. The van der Waals surface area contributed by atoms with Gasteiger partial charge in [-0.25, -0.2) is 0 Å². The normalized spacial score (nSPS) is 21.2. The van der Waals surface area contributed by atoms with Gasteiger partial charge in [-0.15, -0.1) is 0 Å². The summed E-state index contributed by atoms with van der Waals surface area (Å²) in [5, 5.41) is 12.0. The Kier molecular flexibility index (Phi) is 3.92. The zero-order chi connectivity index (χ0) is 14.8. The summed E-state index contributed by atoms with van der Waals surface area (Å²) in [5.41, 5.74) is 3.50. The monoisotopic (exact) mass is 288 g/mol. The van der Waals surface area contributed by atoms with Gasteiger partial charge in [0.1, 0.15) is 6.04 Å². The van der Waals surface area contributed by atoms with Gasteiger partial charge in [-0.1, -0.05) is 6.07 Å². The van der Waals surface area contributed by atoms with E-state index in [9.17, 15) is 9.59 Å². The molecule has 0 unspecified atom stereocenters. The predicted octanol–water partition coefficient (Wildman–Crippen LogP) is 1.66. The Morgan fingerprint density at radius 1 is 1.24 bits per heavy atom. The van der Waals surface area contributed by atoms with Crippen molar-refractivity contribution < 1.29 is 14.7 Å². The summed E-state index contributed by atoms with van der Waals surface area (Å²) in [7, 11) is 0. The van der Waals surface area contributed by atoms with Crippen molar-refractivity contribution in [1.82, 2.24) is 4.90 Å². The lowest BCUT2D eigenvalue weighted by Gasteiger charge is -2.20. The van der Waals surface area contributed by atoms with Crippen molar-refractivity contribution in [1.29, 1.82) is 0 Å². The molecule has 112 valence electrons. The molecule has 0 radical (unpaired) electrons. The van der Waals surface area contributed by atoms with Gasteiger partial charge >= 0.3 is 5.97 Å². The fourth-order valence-electron chi connectivity index (χ4n) is 3.33. The molecule has 5 nitrogen and oxygen atoms in total. The summed E-state index contributed by atoms with van der Waals surface area (Å²) in [6.45, 7) is 0.822. The highest BCUT2D eigenvalue weighted by molar-refractivity contribution is 5.92. The third kappa shape index (κ3) is 3.08. The molecule has 0 bridgehead atoms. The van der Waals surface area contributed by atoms with E-state index in [0.29, 0.717) is 13.0 Å². The van der Waals surface area contributed by atoms with Crippen LogP contribution in [0.1, 0.15) is 30.4 Å². The minimum Gasteiger partial charge on any atom is -0.480 e. The van der Waals surface area contributed by atoms with Crippen LogP contribution in [0.15, 0.2) is 18.2 Å². The summed E-state index contributed by atoms with van der Waals surface area (Å²) in [5.74, 6) is -0.973. The second kappa shape index (κ2) is 5.85. The van der Waals surface area contributed by atoms with Gasteiger partial charge in [0.25, 0.3) is 0 Å². The molecule has 2 aliphatic rings. The van der Waals surface area contributed by atoms with Crippen molar-refractivity contribution in [2.24, 2.45) is 0 Å². The number of benzene rings is 1. The first-order chi connectivity index (χ1) is 10.1. The Morgan fingerprint density at radius 2 is 2.05 bits per heavy atom. The lowest BCUT2D eigenvalue weighted by molar-refractivity contribution is -0.142. The molecule has 0 saturated carbocycles. The van der Waals surface area contributed by atoms with Crippen molar-refractivity contribution in [3.05, 3.63) is 29.3 Å². The number of aliphatic carboxylic acids is 1. The summed E-state index contributed by atoms with van der Waals surface area (Å²) in [6, 6.07) is 5.53. The third-order valence-corrected chi connectivity index (χ3v) is 4.38. The maximum absolute atomic E-state index is 12.1. The van der Waals surface area contributed by atoms with Crippen LogP contribution >= 0.6 is 0 Å². The standard InChI is InChI=1S/C16H20N2O3/c19-15(10-18-8-2-5-14(18)16(20)21)17-13-7-6-11-3-1-4-12(11)9-13/h6-7,9,14H,1-5,8,10H2,(H,17,19)(H,20,21)/t14-/m0/s1. The summed E-state index contributed by atoms with van der Waals surface area (Å²) >= 11 is 0. The molecule has 0 spiro atoms. The van der Waals surface area contributed by atoms with Gasteiger partial charge in [0.15, 0.2) is 0 Å². The van der Waals surface area contributed by atoms with Crippen molar-refractivity contribution in [2.75, 3.05) is 18.4 Å². The number of nitrogens with zero attached hydrogens (tertiary/aromatic N) is 1. The summed E-state index contributed by atoms with van der Waals surface area (Å²) in [6.07, 6.45) is 4.84. The van der Waals surface area contributed by atoms with Crippen molar-refractivity contribution in [3.8, 4) is 0 Å². The number of rotatable bonds is 4. The Bertz CT molecular complexity index is 571. The van der Waals surface area contributed by atoms with E-state index in [-0.39, 0.29) is 12.5 Å². The lowest BCUT2D eigenvalue weighted by Crippen LogP contribution is -2.40. The summed E-state index contributed by atoms with van der Waals surface area (Å²) in [4.78, 5) is 24.9. The fourth-order valence-corrected chi connectivity index (χ4v) is 3.33. The van der Waals surface area contributed by atoms with Gasteiger partial charge in [-0.3, -0.25) is 14.5 Å². The van der Waals surface area contributed by atoms with Crippen molar-refractivity contribution in [3.63, 3.8) is 0 Å². The number of hydrogen-bond donors (Lipinski definition) is 2. The largest absolute Gasteiger partial charge is 0.480 e. The van der Waals surface area contributed by atoms with Gasteiger partial charge in [0, 0.05) is 5.69 Å². The number of carboxylic acids is 1. The molecule has 5 heteroatoms. The highest BCUT2D eigenvalue weighted by atomic mass is 16.4. The van der Waals surface area contributed by atoms with Crippen LogP contribution < -0.4 is 5.32 Å². The van der Waals surface area contributed by atoms with E-state index in [4.69, 9.17) is 5.11 Å². The highest BCUT2D eigenvalue weighted by Gasteiger charge is 2.31. The minimum absolute atomic E-state index is 0.138. The molecule has 1 amide bonds. The van der Waals surface area contributed by atoms with Crippen LogP contribution in [0.3, 0.4) is 0 Å². The van der Waals surface area contributed by atoms with E-state index < -0.39 is 12.0 Å². The minimum atomic E-state index is -0.835. The average molecular weight is 288 g/mol. The van der Waals surface area contributed by atoms with Crippen molar-refractivity contribution >= 4 is 17.6 Å². The molecule has 0 aromatic heterocycles. The summed E-state index contributed by atoms with van der Waals surface area (Å²) < 4.78 is 0. The molecule has 21 heavy (non-hydrogen) atoms. The molecule has 1 fully saturated rings. The number of nitrogens with one attached hydrogen (secondary N) is 1. The molecule has 1 saturated heterocycles. The maximum atomic E-state index is 12.1. The number of hydrogen-bond acceptors (Lipinski definition) is 3. The van der Waals surface area contributed by atoms with Crippen LogP contribution in [0, 0.1) is 0 Å². The van der Waals surface area contributed by atoms with Crippen LogP contribution in [0.5, 0.6) is 0 Å². The first kappa shape index (κ1) is 14.1. The second-order valence-corrected chi connectivity index (χ2v) is 5.85. The Morgan fingerprint density at radius 3 is 2.86 bits per heavy atom. The number of carbonyl (C=O) groups excluding carboxylic acids is 1. The SMILES string of the molecule is O=C(CN1CCC[C@H]1C(=O)O)Nc1ccc2c(c1)CCC2. The van der Waals surface area contributed by atoms with Gasteiger partial charge in [0.2, 0.25) is 5.91 Å². The van der Waals surface area contributed by atoms with E-state index in [1.165, 1.54) is 17.5 Å². The van der Waals surface area contributed by atoms with Gasteiger partial charge in [-0.2, -0.15) is 0 Å². The fraction of sp³-hybridized carbons (Fsp3) is 0.500. The molecular formula is C16H20N2O3. The van der Waals surface area contributed by atoms with Gasteiger partial charge in [-0.05, 0) is 61.9 Å². The molecule has 1 aliphatic heterocycles. The lowest BCUT2D eigenvalue weighted by atomic mass is 10.1. The quantitative estimate of drug-likeness (QED) is 0.884. The van der Waals surface area contributed by atoms with E-state index in [1.54, 1.807) is 4.90 Å². The molecule has 1 aliphatic carbocycles. The highest BCUT2D eigenvalue weighted by Crippen LogP contribution is 2.25. The van der Waals surface area contributed by atoms with E-state index in [1.807, 2.05) is 12.1 Å². The number of likely N-dealkylation sites (tertiary alicyclic amines) is 1. The van der Waals surface area contributed by atoms with Crippen LogP contribution in [0.4, 0.5) is 5.69 Å².